The highest BCUT2D eigenvalue weighted by atomic mass is 19.1. The van der Waals surface area contributed by atoms with Crippen molar-refractivity contribution in [2.24, 2.45) is 11.8 Å². The van der Waals surface area contributed by atoms with E-state index < -0.39 is 0 Å². The molecule has 2 N–H and O–H groups in total. The zero-order valence-electron chi connectivity index (χ0n) is 14.5. The molecule has 25 heavy (non-hydrogen) atoms. The van der Waals surface area contributed by atoms with Crippen LogP contribution in [0.2, 0.25) is 0 Å². The summed E-state index contributed by atoms with van der Waals surface area (Å²) in [6.45, 7) is 3.05. The summed E-state index contributed by atoms with van der Waals surface area (Å²) in [6.07, 6.45) is 2.87. The van der Waals surface area contributed by atoms with Gasteiger partial charge >= 0.3 is 0 Å². The predicted octanol–water partition coefficient (Wildman–Crippen LogP) is 2.32. The second-order valence-electron chi connectivity index (χ2n) is 7.01. The van der Waals surface area contributed by atoms with Crippen LogP contribution in [0, 0.1) is 17.7 Å². The summed E-state index contributed by atoms with van der Waals surface area (Å²) >= 11 is 0. The summed E-state index contributed by atoms with van der Waals surface area (Å²) in [5, 5.41) is 5.80. The molecule has 0 bridgehead atoms. The molecular weight excluding hydrogens is 323 g/mol. The highest BCUT2D eigenvalue weighted by Crippen LogP contribution is 2.37. The lowest BCUT2D eigenvalue weighted by Crippen LogP contribution is -2.38. The molecule has 0 spiro atoms. The molecule has 4 atom stereocenters. The zero-order valence-corrected chi connectivity index (χ0v) is 14.5. The number of hydrogen-bond acceptors (Lipinski definition) is 3. The highest BCUT2D eigenvalue weighted by molar-refractivity contribution is 5.82. The van der Waals surface area contributed by atoms with Gasteiger partial charge in [-0.15, -0.1) is 0 Å². The topological polar surface area (TPSA) is 67.4 Å². The minimum Gasteiger partial charge on any atom is -0.376 e. The van der Waals surface area contributed by atoms with Gasteiger partial charge in [-0.1, -0.05) is 19.1 Å². The summed E-state index contributed by atoms with van der Waals surface area (Å²) in [5.74, 6) is 0.153. The minimum absolute atomic E-state index is 0.0366. The molecule has 136 valence electrons. The average Bonchev–Trinajstić information content (AvgIpc) is 3.09. The molecule has 1 aromatic carbocycles. The normalized spacial score (nSPS) is 26.1. The largest absolute Gasteiger partial charge is 0.376 e. The Morgan fingerprint density at radius 2 is 2.04 bits per heavy atom. The van der Waals surface area contributed by atoms with Crippen LogP contribution in [0.1, 0.15) is 44.2 Å². The molecule has 6 heteroatoms. The molecule has 2 amide bonds. The molecule has 0 aromatic heterocycles. The molecule has 2 fully saturated rings. The van der Waals surface area contributed by atoms with Crippen LogP contribution in [0.4, 0.5) is 4.39 Å². The maximum Gasteiger partial charge on any atom is 0.223 e. The van der Waals surface area contributed by atoms with Crippen molar-refractivity contribution in [3.63, 3.8) is 0 Å². The first-order valence-electron chi connectivity index (χ1n) is 8.98. The van der Waals surface area contributed by atoms with Crippen molar-refractivity contribution in [3.8, 4) is 0 Å². The van der Waals surface area contributed by atoms with Crippen molar-refractivity contribution >= 4 is 11.8 Å². The van der Waals surface area contributed by atoms with Gasteiger partial charge in [0.25, 0.3) is 0 Å². The quantitative estimate of drug-likeness (QED) is 0.795. The van der Waals surface area contributed by atoms with E-state index in [2.05, 4.69) is 10.6 Å². The molecule has 1 aliphatic heterocycles. The molecule has 1 saturated heterocycles. The van der Waals surface area contributed by atoms with Crippen molar-refractivity contribution in [1.82, 2.24) is 10.6 Å². The molecule has 3 rings (SSSR count). The maximum atomic E-state index is 13.2. The Bertz CT molecular complexity index is 614. The van der Waals surface area contributed by atoms with E-state index >= 15 is 0 Å². The maximum absolute atomic E-state index is 13.2. The van der Waals surface area contributed by atoms with Crippen molar-refractivity contribution in [2.45, 2.75) is 44.8 Å². The van der Waals surface area contributed by atoms with Gasteiger partial charge in [-0.25, -0.2) is 4.39 Å². The molecule has 1 saturated carbocycles. The number of carbonyl (C=O) groups excluding carboxylic acids is 2. The van der Waals surface area contributed by atoms with Crippen molar-refractivity contribution < 1.29 is 18.7 Å². The van der Waals surface area contributed by atoms with Gasteiger partial charge in [0.1, 0.15) is 5.82 Å². The van der Waals surface area contributed by atoms with Crippen LogP contribution in [-0.4, -0.2) is 31.1 Å². The molecule has 2 aliphatic rings. The van der Waals surface area contributed by atoms with Gasteiger partial charge in [0.2, 0.25) is 11.8 Å². The lowest BCUT2D eigenvalue weighted by Gasteiger charge is -2.25. The van der Waals surface area contributed by atoms with Crippen molar-refractivity contribution in [3.05, 3.63) is 35.6 Å². The standard InChI is InChI=1S/C19H25FN2O3/c1-12-11-15(12)19(24)21-9-8-17(23)22-18(16-3-2-10-25-16)13-4-6-14(20)7-5-13/h4-7,12,15-16,18H,2-3,8-11H2,1H3,(H,21,24)(H,22,23)/t12-,15+,16+,18-/m1/s1. The first kappa shape index (κ1) is 17.9. The van der Waals surface area contributed by atoms with Gasteiger partial charge in [-0.2, -0.15) is 0 Å². The number of hydrogen-bond donors (Lipinski definition) is 2. The number of rotatable bonds is 7. The van der Waals surface area contributed by atoms with E-state index in [0.717, 1.165) is 24.8 Å². The summed E-state index contributed by atoms with van der Waals surface area (Å²) in [6, 6.07) is 5.84. The van der Waals surface area contributed by atoms with E-state index in [1.807, 2.05) is 6.92 Å². The van der Waals surface area contributed by atoms with E-state index in [4.69, 9.17) is 4.74 Å². The van der Waals surface area contributed by atoms with Crippen LogP contribution in [-0.2, 0) is 14.3 Å². The van der Waals surface area contributed by atoms with E-state index in [0.29, 0.717) is 19.1 Å². The first-order chi connectivity index (χ1) is 12.0. The van der Waals surface area contributed by atoms with Crippen LogP contribution >= 0.6 is 0 Å². The number of nitrogens with one attached hydrogen (secondary N) is 2. The third kappa shape index (κ3) is 4.78. The monoisotopic (exact) mass is 348 g/mol. The fourth-order valence-corrected chi connectivity index (χ4v) is 3.29. The fourth-order valence-electron chi connectivity index (χ4n) is 3.29. The molecule has 5 nitrogen and oxygen atoms in total. The van der Waals surface area contributed by atoms with Crippen molar-refractivity contribution in [2.75, 3.05) is 13.2 Å². The molecule has 0 unspecified atom stereocenters. The van der Waals surface area contributed by atoms with Crippen LogP contribution in [0.15, 0.2) is 24.3 Å². The Morgan fingerprint density at radius 3 is 2.64 bits per heavy atom. The number of benzene rings is 1. The van der Waals surface area contributed by atoms with Crippen LogP contribution in [0.25, 0.3) is 0 Å². The summed E-state index contributed by atoms with van der Waals surface area (Å²) in [5.41, 5.74) is 0.831. The Balaban J connectivity index is 1.53. The van der Waals surface area contributed by atoms with E-state index in [9.17, 15) is 14.0 Å². The van der Waals surface area contributed by atoms with E-state index in [1.165, 1.54) is 12.1 Å². The molecule has 1 aliphatic carbocycles. The van der Waals surface area contributed by atoms with Crippen LogP contribution in [0.5, 0.6) is 0 Å². The van der Waals surface area contributed by atoms with Crippen LogP contribution < -0.4 is 10.6 Å². The Morgan fingerprint density at radius 1 is 1.32 bits per heavy atom. The molecule has 0 radical (unpaired) electrons. The van der Waals surface area contributed by atoms with Gasteiger partial charge in [-0.3, -0.25) is 9.59 Å². The third-order valence-electron chi connectivity index (χ3n) is 4.98. The summed E-state index contributed by atoms with van der Waals surface area (Å²) < 4.78 is 18.9. The second kappa shape index (κ2) is 7.95. The smallest absolute Gasteiger partial charge is 0.223 e. The van der Waals surface area contributed by atoms with Gasteiger partial charge in [0.05, 0.1) is 12.1 Å². The minimum atomic E-state index is -0.307. The Labute approximate surface area is 147 Å². The van der Waals surface area contributed by atoms with Gasteiger partial charge < -0.3 is 15.4 Å². The van der Waals surface area contributed by atoms with Crippen molar-refractivity contribution in [1.29, 1.82) is 0 Å². The van der Waals surface area contributed by atoms with Gasteiger partial charge in [-0.05, 0) is 42.9 Å². The highest BCUT2D eigenvalue weighted by Gasteiger charge is 2.38. The fraction of sp³-hybridized carbons (Fsp3) is 0.579. The van der Waals surface area contributed by atoms with Gasteiger partial charge in [0.15, 0.2) is 0 Å². The Hall–Kier alpha value is -1.95. The predicted molar refractivity (Wildman–Crippen MR) is 91.2 cm³/mol. The second-order valence-corrected chi connectivity index (χ2v) is 7.01. The number of amides is 2. The number of halogens is 1. The van der Waals surface area contributed by atoms with E-state index in [1.54, 1.807) is 12.1 Å². The SMILES string of the molecule is C[C@@H]1C[C@@H]1C(=O)NCCC(=O)N[C@H](c1ccc(F)cc1)[C@@H]1CCCO1. The van der Waals surface area contributed by atoms with E-state index in [-0.39, 0.29) is 42.1 Å². The summed E-state index contributed by atoms with van der Waals surface area (Å²) in [7, 11) is 0. The summed E-state index contributed by atoms with van der Waals surface area (Å²) in [4.78, 5) is 24.1. The Kier molecular flexibility index (Phi) is 5.68. The lowest BCUT2D eigenvalue weighted by atomic mass is 9.99. The first-order valence-corrected chi connectivity index (χ1v) is 8.98. The van der Waals surface area contributed by atoms with Crippen LogP contribution in [0.3, 0.4) is 0 Å². The number of carbonyl (C=O) groups is 2. The zero-order chi connectivity index (χ0) is 17.8. The number of ether oxygens (including phenoxy) is 1. The molecule has 1 aromatic rings. The lowest BCUT2D eigenvalue weighted by molar-refractivity contribution is -0.124. The van der Waals surface area contributed by atoms with Gasteiger partial charge in [0, 0.05) is 25.5 Å². The molecule has 1 heterocycles. The average molecular weight is 348 g/mol. The molecular formula is C19H25FN2O3. The third-order valence-corrected chi connectivity index (χ3v) is 4.98.